The van der Waals surface area contributed by atoms with Crippen LogP contribution in [-0.2, 0) is 18.9 Å². The average Bonchev–Trinajstić information content (AvgIpc) is 3.03. The molecule has 2 aromatic rings. The Morgan fingerprint density at radius 3 is 0.714 bits per heavy atom. The molecule has 2 aromatic heterocycles. The minimum Gasteiger partial charge on any atom is -0.452 e. The highest BCUT2D eigenvalue weighted by atomic mass is 16.6. The van der Waals surface area contributed by atoms with Crippen molar-refractivity contribution in [1.82, 2.24) is 29.9 Å². The summed E-state index contributed by atoms with van der Waals surface area (Å²) >= 11 is 0. The van der Waals surface area contributed by atoms with E-state index >= 15 is 0 Å². The summed E-state index contributed by atoms with van der Waals surface area (Å²) in [5.74, 6) is -1.72. The maximum atomic E-state index is 13.6. The Morgan fingerprint density at radius 1 is 0.381 bits per heavy atom. The number of hydrogen-bond donors (Lipinski definition) is 0. The molecule has 0 radical (unpaired) electrons. The summed E-state index contributed by atoms with van der Waals surface area (Å²) in [7, 11) is 12.3. The molecule has 0 fully saturated rings. The predicted octanol–water partition coefficient (Wildman–Crippen LogP) is 0.560. The van der Waals surface area contributed by atoms with Crippen molar-refractivity contribution in [2.45, 2.75) is 0 Å². The molecular formula is C21H30N12O9. The minimum atomic E-state index is -0.848. The first-order chi connectivity index (χ1) is 19.7. The number of urea groups is 1. The van der Waals surface area contributed by atoms with Gasteiger partial charge in [-0.25, -0.2) is 43.6 Å². The smallest absolute Gasteiger partial charge is 0.416 e. The third-order valence-corrected chi connectivity index (χ3v) is 5.37. The van der Waals surface area contributed by atoms with Crippen molar-refractivity contribution in [2.24, 2.45) is 0 Å². The van der Waals surface area contributed by atoms with Crippen molar-refractivity contribution < 1.29 is 42.9 Å². The molecule has 0 spiro atoms. The highest BCUT2D eigenvalue weighted by Gasteiger charge is 2.29. The van der Waals surface area contributed by atoms with Crippen LogP contribution in [0.4, 0.5) is 59.7 Å². The van der Waals surface area contributed by atoms with E-state index in [1.165, 1.54) is 42.3 Å². The number of anilines is 6. The first-order valence-corrected chi connectivity index (χ1v) is 11.5. The van der Waals surface area contributed by atoms with Gasteiger partial charge in [0.05, 0.1) is 28.4 Å². The van der Waals surface area contributed by atoms with Gasteiger partial charge in [-0.2, -0.15) is 29.9 Å². The molecule has 2 rings (SSSR count). The molecule has 21 nitrogen and oxygen atoms in total. The molecule has 0 aromatic carbocycles. The maximum absolute atomic E-state index is 13.6. The summed E-state index contributed by atoms with van der Waals surface area (Å²) in [6, 6.07) is -0.843. The number of rotatable bonds is 6. The van der Waals surface area contributed by atoms with E-state index in [1.54, 1.807) is 0 Å². The molecule has 0 unspecified atom stereocenters. The molecule has 0 saturated heterocycles. The zero-order chi connectivity index (χ0) is 31.9. The summed E-state index contributed by atoms with van der Waals surface area (Å²) in [4.78, 5) is 92.2. The standard InChI is InChI=1S/C21H30N12O9/c1-28(11-22-13(30(3)18(35)39-7)26-14(23-11)31(4)19(36)40-8)17(34)29(2)12-24-15(32(5)20(37)41-9)27-16(25-12)33(6)21(38)42-10/h1-10H3. The van der Waals surface area contributed by atoms with Crippen LogP contribution in [0.1, 0.15) is 0 Å². The first kappa shape index (κ1) is 32.6. The number of amides is 6. The average molecular weight is 595 g/mol. The van der Waals surface area contributed by atoms with Crippen molar-refractivity contribution in [3.63, 3.8) is 0 Å². The number of aromatic nitrogens is 6. The van der Waals surface area contributed by atoms with Crippen molar-refractivity contribution in [3.8, 4) is 0 Å². The lowest BCUT2D eigenvalue weighted by molar-refractivity contribution is 0.178. The molecule has 228 valence electrons. The van der Waals surface area contributed by atoms with Crippen LogP contribution in [-0.4, -0.2) is 131 Å². The Bertz CT molecular complexity index is 1180. The number of carbonyl (C=O) groups is 5. The van der Waals surface area contributed by atoms with Crippen LogP contribution in [0.5, 0.6) is 0 Å². The maximum Gasteiger partial charge on any atom is 0.416 e. The molecule has 21 heteroatoms. The molecule has 0 N–H and O–H groups in total. The Balaban J connectivity index is 2.62. The molecule has 0 bridgehead atoms. The number of ether oxygens (including phenoxy) is 4. The Morgan fingerprint density at radius 2 is 0.548 bits per heavy atom. The zero-order valence-corrected chi connectivity index (χ0v) is 24.5. The van der Waals surface area contributed by atoms with Crippen LogP contribution in [0.3, 0.4) is 0 Å². The summed E-state index contributed by atoms with van der Waals surface area (Å²) in [5, 5.41) is 0. The van der Waals surface area contributed by atoms with Crippen LogP contribution >= 0.6 is 0 Å². The summed E-state index contributed by atoms with van der Waals surface area (Å²) in [6.07, 6.45) is -3.39. The van der Waals surface area contributed by atoms with Gasteiger partial charge in [0.1, 0.15) is 0 Å². The van der Waals surface area contributed by atoms with Gasteiger partial charge in [0.2, 0.25) is 35.7 Å². The molecule has 42 heavy (non-hydrogen) atoms. The van der Waals surface area contributed by atoms with Gasteiger partial charge in [0.25, 0.3) is 0 Å². The lowest BCUT2D eigenvalue weighted by atomic mass is 10.6. The fraction of sp³-hybridized carbons (Fsp3) is 0.476. The number of nitrogens with zero attached hydrogens (tertiary/aromatic N) is 12. The van der Waals surface area contributed by atoms with E-state index in [1.807, 2.05) is 0 Å². The monoisotopic (exact) mass is 594 g/mol. The second-order valence-corrected chi connectivity index (χ2v) is 7.99. The van der Waals surface area contributed by atoms with Crippen LogP contribution in [0.25, 0.3) is 0 Å². The third-order valence-electron chi connectivity index (χ3n) is 5.37. The Hall–Kier alpha value is -5.63. The zero-order valence-electron chi connectivity index (χ0n) is 24.5. The first-order valence-electron chi connectivity index (χ1n) is 11.5. The number of methoxy groups -OCH3 is 4. The largest absolute Gasteiger partial charge is 0.452 e. The number of carbonyl (C=O) groups excluding carboxylic acids is 5. The fourth-order valence-corrected chi connectivity index (χ4v) is 2.86. The molecule has 2 heterocycles. The minimum absolute atomic E-state index is 0.274. The highest BCUT2D eigenvalue weighted by Crippen LogP contribution is 2.22. The third kappa shape index (κ3) is 6.92. The van der Waals surface area contributed by atoms with Crippen molar-refractivity contribution >= 4 is 66.1 Å². The molecule has 0 aliphatic heterocycles. The quantitative estimate of drug-likeness (QED) is 0.417. The molecule has 6 amide bonds. The highest BCUT2D eigenvalue weighted by molar-refractivity contribution is 6.01. The second kappa shape index (κ2) is 13.6. The van der Waals surface area contributed by atoms with Crippen LogP contribution in [0, 0.1) is 0 Å². The predicted molar refractivity (Wildman–Crippen MR) is 145 cm³/mol. The van der Waals surface area contributed by atoms with Gasteiger partial charge < -0.3 is 18.9 Å². The van der Waals surface area contributed by atoms with E-state index in [9.17, 15) is 24.0 Å². The summed E-state index contributed by atoms with van der Waals surface area (Å²) < 4.78 is 18.7. The fourth-order valence-electron chi connectivity index (χ4n) is 2.86. The van der Waals surface area contributed by atoms with E-state index in [4.69, 9.17) is 0 Å². The van der Waals surface area contributed by atoms with Gasteiger partial charge in [-0.05, 0) is 0 Å². The van der Waals surface area contributed by atoms with E-state index in [0.717, 1.165) is 57.8 Å². The molecule has 0 aliphatic carbocycles. The molecule has 0 atom stereocenters. The van der Waals surface area contributed by atoms with Crippen LogP contribution in [0.2, 0.25) is 0 Å². The van der Waals surface area contributed by atoms with Gasteiger partial charge in [0, 0.05) is 42.3 Å². The Labute approximate surface area is 239 Å². The summed E-state index contributed by atoms with van der Waals surface area (Å²) in [5.41, 5.74) is 0. The van der Waals surface area contributed by atoms with Gasteiger partial charge in [0.15, 0.2) is 0 Å². The normalized spacial score (nSPS) is 10.1. The lowest BCUT2D eigenvalue weighted by Gasteiger charge is -2.25. The van der Waals surface area contributed by atoms with E-state index in [-0.39, 0.29) is 35.7 Å². The Kier molecular flexibility index (Phi) is 10.6. The van der Waals surface area contributed by atoms with Gasteiger partial charge in [-0.3, -0.25) is 9.80 Å². The SMILES string of the molecule is COC(=O)N(C)c1nc(N(C)C(=O)OC)nc(N(C)C(=O)N(C)c2nc(N(C)C(=O)OC)nc(N(C)C(=O)OC)n2)n1. The van der Waals surface area contributed by atoms with Crippen LogP contribution < -0.4 is 29.4 Å². The van der Waals surface area contributed by atoms with Crippen molar-refractivity contribution in [1.29, 1.82) is 0 Å². The van der Waals surface area contributed by atoms with E-state index in [2.05, 4.69) is 48.9 Å². The second-order valence-electron chi connectivity index (χ2n) is 7.99. The van der Waals surface area contributed by atoms with Gasteiger partial charge in [-0.15, -0.1) is 0 Å². The number of hydrogen-bond acceptors (Lipinski definition) is 15. The van der Waals surface area contributed by atoms with Crippen molar-refractivity contribution in [2.75, 3.05) is 100 Å². The van der Waals surface area contributed by atoms with E-state index < -0.39 is 30.4 Å². The van der Waals surface area contributed by atoms with Crippen LogP contribution in [0.15, 0.2) is 0 Å². The summed E-state index contributed by atoms with van der Waals surface area (Å²) in [6.45, 7) is 0. The van der Waals surface area contributed by atoms with Gasteiger partial charge in [-0.1, -0.05) is 0 Å². The molecule has 0 aliphatic rings. The molecule has 0 saturated carbocycles. The van der Waals surface area contributed by atoms with Crippen molar-refractivity contribution in [3.05, 3.63) is 0 Å². The lowest BCUT2D eigenvalue weighted by Crippen LogP contribution is -2.42. The van der Waals surface area contributed by atoms with E-state index in [0.29, 0.717) is 0 Å². The van der Waals surface area contributed by atoms with Gasteiger partial charge >= 0.3 is 30.4 Å². The topological polar surface area (TPSA) is 219 Å². The molecular weight excluding hydrogens is 564 g/mol.